The summed E-state index contributed by atoms with van der Waals surface area (Å²) in [6.07, 6.45) is 5.72. The monoisotopic (exact) mass is 495 g/mol. The first-order valence-electron chi connectivity index (χ1n) is 12.6. The fourth-order valence-corrected chi connectivity index (χ4v) is 6.51. The fourth-order valence-electron chi connectivity index (χ4n) is 5.34. The summed E-state index contributed by atoms with van der Waals surface area (Å²) in [7, 11) is -3.64. The van der Waals surface area contributed by atoms with Crippen LogP contribution in [0.1, 0.15) is 51.0 Å². The van der Waals surface area contributed by atoms with Crippen molar-refractivity contribution < 1.29 is 18.0 Å². The number of anilines is 2. The number of fused-ring (bicyclic) bond motifs is 1. The van der Waals surface area contributed by atoms with E-state index in [2.05, 4.69) is 10.0 Å². The number of amides is 2. The number of hydrogen-bond donors (Lipinski definition) is 2. The highest BCUT2D eigenvalue weighted by atomic mass is 32.2. The van der Waals surface area contributed by atoms with Crippen LogP contribution in [0, 0.1) is 17.8 Å². The van der Waals surface area contributed by atoms with Gasteiger partial charge in [0.1, 0.15) is 0 Å². The second-order valence-electron chi connectivity index (χ2n) is 10.3. The molecule has 8 heteroatoms. The van der Waals surface area contributed by atoms with Crippen molar-refractivity contribution in [1.82, 2.24) is 4.72 Å². The summed E-state index contributed by atoms with van der Waals surface area (Å²) in [5, 5.41) is 2.97. The maximum absolute atomic E-state index is 13.0. The zero-order chi connectivity index (χ0) is 24.6. The molecule has 1 aliphatic heterocycles. The van der Waals surface area contributed by atoms with E-state index in [-0.39, 0.29) is 40.5 Å². The lowest BCUT2D eigenvalue weighted by Crippen LogP contribution is -2.36. The average Bonchev–Trinajstić information content (AvgIpc) is 3.65. The lowest BCUT2D eigenvalue weighted by molar-refractivity contribution is -0.121. The Hall–Kier alpha value is -2.71. The van der Waals surface area contributed by atoms with E-state index in [1.807, 2.05) is 42.2 Å². The van der Waals surface area contributed by atoms with Crippen LogP contribution >= 0.6 is 0 Å². The molecule has 2 fully saturated rings. The fraction of sp³-hybridized carbons (Fsp3) is 0.481. The van der Waals surface area contributed by atoms with E-state index < -0.39 is 10.0 Å². The molecule has 1 heterocycles. The molecule has 35 heavy (non-hydrogen) atoms. The van der Waals surface area contributed by atoms with Crippen LogP contribution in [0.3, 0.4) is 0 Å². The Bertz CT molecular complexity index is 1200. The summed E-state index contributed by atoms with van der Waals surface area (Å²) in [5.74, 6) is 0.512. The minimum Gasteiger partial charge on any atom is -0.326 e. The van der Waals surface area contributed by atoms with Gasteiger partial charge in [0, 0.05) is 35.8 Å². The molecule has 186 valence electrons. The van der Waals surface area contributed by atoms with Crippen LogP contribution in [0.25, 0.3) is 0 Å². The molecule has 0 spiro atoms. The number of carbonyl (C=O) groups is 2. The Morgan fingerprint density at radius 2 is 1.63 bits per heavy atom. The van der Waals surface area contributed by atoms with Gasteiger partial charge in [-0.2, -0.15) is 0 Å². The maximum atomic E-state index is 13.0. The Labute approximate surface area is 207 Å². The molecule has 0 unspecified atom stereocenters. The van der Waals surface area contributed by atoms with Crippen molar-refractivity contribution in [2.45, 2.75) is 62.8 Å². The lowest BCUT2D eigenvalue weighted by Gasteiger charge is -2.28. The van der Waals surface area contributed by atoms with Crippen LogP contribution < -0.4 is 14.9 Å². The van der Waals surface area contributed by atoms with Crippen LogP contribution in [0.4, 0.5) is 11.4 Å². The third-order valence-electron chi connectivity index (χ3n) is 7.56. The second kappa shape index (κ2) is 9.74. The zero-order valence-corrected chi connectivity index (χ0v) is 20.9. The van der Waals surface area contributed by atoms with Gasteiger partial charge in [0.15, 0.2) is 0 Å². The maximum Gasteiger partial charge on any atom is 0.240 e. The number of nitrogens with one attached hydrogen (secondary N) is 2. The van der Waals surface area contributed by atoms with Crippen LogP contribution in [0.5, 0.6) is 0 Å². The van der Waals surface area contributed by atoms with Gasteiger partial charge < -0.3 is 10.2 Å². The van der Waals surface area contributed by atoms with Crippen molar-refractivity contribution in [3.8, 4) is 0 Å². The largest absolute Gasteiger partial charge is 0.326 e. The molecule has 2 saturated carbocycles. The molecule has 5 rings (SSSR count). The predicted molar refractivity (Wildman–Crippen MR) is 136 cm³/mol. The Morgan fingerprint density at radius 3 is 2.31 bits per heavy atom. The summed E-state index contributed by atoms with van der Waals surface area (Å²) in [4.78, 5) is 27.3. The molecule has 7 nitrogen and oxygen atoms in total. The highest BCUT2D eigenvalue weighted by Crippen LogP contribution is 2.39. The van der Waals surface area contributed by atoms with Crippen LogP contribution in [0.2, 0.25) is 0 Å². The van der Waals surface area contributed by atoms with E-state index in [4.69, 9.17) is 0 Å². The quantitative estimate of drug-likeness (QED) is 0.605. The standard InChI is InChI=1S/C27H33N3O4S/c1-18-15-22-16-24(13-14-25(22)30(18)27(32)21-11-12-21)35(33,34)28-17-19-7-9-20(10-8-19)26(31)29-23-5-3-2-4-6-23/h2-6,13-14,16,18-21,28H,7-12,15,17H2,1H3,(H,29,31)/t18-,19?,20?/m0/s1. The van der Waals surface area contributed by atoms with E-state index in [0.29, 0.717) is 13.0 Å². The smallest absolute Gasteiger partial charge is 0.240 e. The highest BCUT2D eigenvalue weighted by molar-refractivity contribution is 7.89. The summed E-state index contributed by atoms with van der Waals surface area (Å²) in [5.41, 5.74) is 2.57. The molecule has 2 aromatic rings. The van der Waals surface area contributed by atoms with Crippen molar-refractivity contribution in [1.29, 1.82) is 0 Å². The number of nitrogens with zero attached hydrogens (tertiary/aromatic N) is 1. The molecule has 0 radical (unpaired) electrons. The van der Waals surface area contributed by atoms with Crippen molar-refractivity contribution in [2.75, 3.05) is 16.8 Å². The second-order valence-corrected chi connectivity index (χ2v) is 12.0. The van der Waals surface area contributed by atoms with Crippen molar-refractivity contribution in [2.24, 2.45) is 17.8 Å². The number of para-hydroxylation sites is 1. The normalized spacial score (nSPS) is 24.1. The Morgan fingerprint density at radius 1 is 0.943 bits per heavy atom. The van der Waals surface area contributed by atoms with Crippen molar-refractivity contribution >= 4 is 33.2 Å². The van der Waals surface area contributed by atoms with Gasteiger partial charge in [0.2, 0.25) is 21.8 Å². The van der Waals surface area contributed by atoms with Gasteiger partial charge >= 0.3 is 0 Å². The van der Waals surface area contributed by atoms with Crippen LogP contribution in [-0.4, -0.2) is 32.8 Å². The number of hydrogen-bond acceptors (Lipinski definition) is 4. The van der Waals surface area contributed by atoms with Gasteiger partial charge in [-0.25, -0.2) is 13.1 Å². The molecule has 0 aromatic heterocycles. The average molecular weight is 496 g/mol. The first-order valence-corrected chi connectivity index (χ1v) is 14.1. The van der Waals surface area contributed by atoms with E-state index >= 15 is 0 Å². The number of rotatable bonds is 7. The van der Waals surface area contributed by atoms with Crippen LogP contribution in [0.15, 0.2) is 53.4 Å². The number of carbonyl (C=O) groups excluding carboxylic acids is 2. The van der Waals surface area contributed by atoms with E-state index in [1.165, 1.54) is 0 Å². The van der Waals surface area contributed by atoms with Gasteiger partial charge in [-0.1, -0.05) is 18.2 Å². The molecule has 2 aromatic carbocycles. The summed E-state index contributed by atoms with van der Waals surface area (Å²) < 4.78 is 28.8. The third kappa shape index (κ3) is 5.28. The van der Waals surface area contributed by atoms with Gasteiger partial charge in [-0.05, 0) is 93.7 Å². The first kappa shape index (κ1) is 24.0. The first-order chi connectivity index (χ1) is 16.8. The van der Waals surface area contributed by atoms with Crippen LogP contribution in [-0.2, 0) is 26.0 Å². The van der Waals surface area contributed by atoms with Gasteiger partial charge in [-0.15, -0.1) is 0 Å². The molecular weight excluding hydrogens is 462 g/mol. The molecule has 0 saturated heterocycles. The Kier molecular flexibility index (Phi) is 6.68. The highest BCUT2D eigenvalue weighted by Gasteiger charge is 2.39. The lowest BCUT2D eigenvalue weighted by atomic mass is 9.81. The minimum absolute atomic E-state index is 0.0387. The van der Waals surface area contributed by atoms with Gasteiger partial charge in [0.05, 0.1) is 4.90 Å². The molecule has 2 amide bonds. The molecule has 0 bridgehead atoms. The topological polar surface area (TPSA) is 95.6 Å². The summed E-state index contributed by atoms with van der Waals surface area (Å²) in [6, 6.07) is 14.6. The zero-order valence-electron chi connectivity index (χ0n) is 20.1. The molecule has 2 aliphatic carbocycles. The van der Waals surface area contributed by atoms with E-state index in [9.17, 15) is 18.0 Å². The predicted octanol–water partition coefficient (Wildman–Crippen LogP) is 4.10. The SMILES string of the molecule is C[C@H]1Cc2cc(S(=O)(=O)NCC3CCC(C(=O)Nc4ccccc4)CC3)ccc2N1C(=O)C1CC1. The van der Waals surface area contributed by atoms with E-state index in [1.54, 1.807) is 18.2 Å². The summed E-state index contributed by atoms with van der Waals surface area (Å²) in [6.45, 7) is 2.39. The van der Waals surface area contributed by atoms with E-state index in [0.717, 1.165) is 55.5 Å². The molecule has 1 atom stereocenters. The number of benzene rings is 2. The molecular formula is C27H33N3O4S. The van der Waals surface area contributed by atoms with Gasteiger partial charge in [-0.3, -0.25) is 9.59 Å². The summed E-state index contributed by atoms with van der Waals surface area (Å²) >= 11 is 0. The Balaban J connectivity index is 1.15. The number of sulfonamides is 1. The minimum atomic E-state index is -3.64. The van der Waals surface area contributed by atoms with Crippen molar-refractivity contribution in [3.05, 3.63) is 54.1 Å². The molecule has 3 aliphatic rings. The third-order valence-corrected chi connectivity index (χ3v) is 8.98. The van der Waals surface area contributed by atoms with Crippen molar-refractivity contribution in [3.63, 3.8) is 0 Å². The molecule has 2 N–H and O–H groups in total. The van der Waals surface area contributed by atoms with Gasteiger partial charge in [0.25, 0.3) is 0 Å².